The molecule has 4 nitrogen and oxygen atoms in total. The molecular formula is C78H48N4. The fourth-order valence-corrected chi connectivity index (χ4v) is 14.1. The Hall–Kier alpha value is -10.9. The number of hydrogen-bond acceptors (Lipinski definition) is 0. The minimum atomic E-state index is 1.19. The van der Waals surface area contributed by atoms with Gasteiger partial charge in [0.2, 0.25) is 0 Å². The molecule has 0 saturated carbocycles. The van der Waals surface area contributed by atoms with Crippen LogP contribution in [0, 0.1) is 0 Å². The average molecular weight is 1040 g/mol. The van der Waals surface area contributed by atoms with Crippen molar-refractivity contribution in [2.45, 2.75) is 0 Å². The maximum Gasteiger partial charge on any atom is 0.0622 e. The molecule has 6 heterocycles. The van der Waals surface area contributed by atoms with Crippen LogP contribution in [0.25, 0.3) is 165 Å². The Morgan fingerprint density at radius 2 is 0.439 bits per heavy atom. The van der Waals surface area contributed by atoms with E-state index in [9.17, 15) is 0 Å². The predicted octanol–water partition coefficient (Wildman–Crippen LogP) is 20.9. The molecule has 0 saturated heterocycles. The summed E-state index contributed by atoms with van der Waals surface area (Å²) in [4.78, 5) is 0. The highest BCUT2D eigenvalue weighted by Gasteiger charge is 2.23. The van der Waals surface area contributed by atoms with Crippen LogP contribution in [0.4, 0.5) is 0 Å². The van der Waals surface area contributed by atoms with Crippen LogP contribution in [-0.2, 0) is 0 Å². The summed E-state index contributed by atoms with van der Waals surface area (Å²) in [7, 11) is 0. The molecule has 0 atom stereocenters. The van der Waals surface area contributed by atoms with Crippen LogP contribution in [0.15, 0.2) is 291 Å². The first-order valence-electron chi connectivity index (χ1n) is 28.3. The molecule has 0 aliphatic carbocycles. The summed E-state index contributed by atoms with van der Waals surface area (Å²) in [5, 5.41) is 15.5. The first kappa shape index (κ1) is 45.0. The van der Waals surface area contributed by atoms with Crippen molar-refractivity contribution in [1.29, 1.82) is 0 Å². The average Bonchev–Trinajstić information content (AvgIpc) is 3.08. The van der Waals surface area contributed by atoms with E-state index in [-0.39, 0.29) is 0 Å². The van der Waals surface area contributed by atoms with Crippen LogP contribution in [0.3, 0.4) is 0 Å². The number of fused-ring (bicyclic) bond motifs is 18. The van der Waals surface area contributed by atoms with Gasteiger partial charge in [-0.1, -0.05) is 188 Å². The Bertz CT molecular complexity index is 5480. The molecule has 19 aromatic rings. The number of hydrogen-bond donors (Lipinski definition) is 0. The fraction of sp³-hybridized carbons (Fsp3) is 0. The van der Waals surface area contributed by atoms with Gasteiger partial charge in [-0.3, -0.25) is 0 Å². The van der Waals surface area contributed by atoms with Crippen LogP contribution < -0.4 is 0 Å². The second-order valence-corrected chi connectivity index (χ2v) is 22.0. The molecule has 0 radical (unpaired) electrons. The van der Waals surface area contributed by atoms with E-state index >= 15 is 0 Å². The number of aromatic nitrogens is 4. The van der Waals surface area contributed by atoms with E-state index in [0.717, 1.165) is 0 Å². The topological polar surface area (TPSA) is 18.7 Å². The van der Waals surface area contributed by atoms with Gasteiger partial charge < -0.3 is 17.9 Å². The van der Waals surface area contributed by atoms with E-state index < -0.39 is 0 Å². The Morgan fingerprint density at radius 1 is 0.159 bits per heavy atom. The lowest BCUT2D eigenvalue weighted by molar-refractivity contribution is 1.18. The van der Waals surface area contributed by atoms with Gasteiger partial charge in [0.25, 0.3) is 0 Å². The fourth-order valence-electron chi connectivity index (χ4n) is 14.1. The minimum absolute atomic E-state index is 1.19. The summed E-state index contributed by atoms with van der Waals surface area (Å²) >= 11 is 0. The van der Waals surface area contributed by atoms with Gasteiger partial charge in [0.1, 0.15) is 0 Å². The van der Waals surface area contributed by atoms with Gasteiger partial charge in [0.05, 0.1) is 55.2 Å². The molecule has 0 aliphatic heterocycles. The van der Waals surface area contributed by atoms with Crippen molar-refractivity contribution < 1.29 is 0 Å². The third-order valence-electron chi connectivity index (χ3n) is 17.7. The SMILES string of the molecule is c1ccc(-c2ccc3c(c2)c2cc(-c4ccccc4)ccc2n3-c2cc3c4ccccc4n4c5ccccc5c(c2)c34)cc1.c1ccc(-n2c3ccccc3c3cc(-c4cc5c6ccccc6n6c7ccccc7c(c4)c56)ccc32)cc1. The van der Waals surface area contributed by atoms with Crippen molar-refractivity contribution >= 4 is 120 Å². The van der Waals surface area contributed by atoms with E-state index in [0.29, 0.717) is 0 Å². The zero-order valence-corrected chi connectivity index (χ0v) is 44.5. The summed E-state index contributed by atoms with van der Waals surface area (Å²) in [5.41, 5.74) is 22.4. The summed E-state index contributed by atoms with van der Waals surface area (Å²) in [6.07, 6.45) is 0. The zero-order chi connectivity index (χ0) is 53.6. The standard InChI is InChI=1S/C42H26N2.C36H22N2/c1-3-11-27(12-4-1)29-19-21-40-34(23-29)35-24-30(28-13-5-2-6-14-28)20-22-41(35)43(40)31-25-36-32-15-7-9-17-38(32)44-39-18-10-8-16-33(39)37(26-31)42(36)44;1-2-10-25(11-3-1)37-32-15-7-4-12-26(32)29-20-23(18-19-35(29)37)24-21-30-27-13-5-8-16-33(27)38-34-17-9-6-14-28(34)31(22-24)36(30)38/h1-26H;1-22H. The highest BCUT2D eigenvalue weighted by molar-refractivity contribution is 6.26. The number of benzene rings is 13. The van der Waals surface area contributed by atoms with Crippen molar-refractivity contribution in [3.63, 3.8) is 0 Å². The molecule has 0 N–H and O–H groups in total. The van der Waals surface area contributed by atoms with Gasteiger partial charge >= 0.3 is 0 Å². The molecule has 380 valence electrons. The third kappa shape index (κ3) is 6.43. The van der Waals surface area contributed by atoms with Crippen molar-refractivity contribution in [1.82, 2.24) is 17.9 Å². The van der Waals surface area contributed by atoms with Crippen LogP contribution in [0.1, 0.15) is 0 Å². The van der Waals surface area contributed by atoms with Crippen molar-refractivity contribution in [2.24, 2.45) is 0 Å². The lowest BCUT2D eigenvalue weighted by Crippen LogP contribution is -1.94. The van der Waals surface area contributed by atoms with E-state index in [4.69, 9.17) is 0 Å². The zero-order valence-electron chi connectivity index (χ0n) is 44.5. The van der Waals surface area contributed by atoms with Crippen molar-refractivity contribution in [3.05, 3.63) is 291 Å². The first-order chi connectivity index (χ1) is 40.7. The van der Waals surface area contributed by atoms with E-state index in [2.05, 4.69) is 309 Å². The minimum Gasteiger partial charge on any atom is -0.309 e. The van der Waals surface area contributed by atoms with Crippen LogP contribution >= 0.6 is 0 Å². The molecule has 0 amide bonds. The Morgan fingerprint density at radius 3 is 0.854 bits per heavy atom. The third-order valence-corrected chi connectivity index (χ3v) is 17.7. The molecule has 13 aromatic carbocycles. The molecular weight excluding hydrogens is 993 g/mol. The maximum atomic E-state index is 2.47. The van der Waals surface area contributed by atoms with Gasteiger partial charge in [0, 0.05) is 76.0 Å². The van der Waals surface area contributed by atoms with Crippen molar-refractivity contribution in [2.75, 3.05) is 0 Å². The normalized spacial score (nSPS) is 12.1. The van der Waals surface area contributed by atoms with Gasteiger partial charge in [-0.15, -0.1) is 0 Å². The lowest BCUT2D eigenvalue weighted by atomic mass is 9.98. The quantitative estimate of drug-likeness (QED) is 0.164. The molecule has 0 bridgehead atoms. The van der Waals surface area contributed by atoms with Gasteiger partial charge in [0.15, 0.2) is 0 Å². The molecule has 0 unspecified atom stereocenters. The second-order valence-electron chi connectivity index (χ2n) is 22.0. The molecule has 82 heavy (non-hydrogen) atoms. The Kier molecular flexibility index (Phi) is 9.48. The van der Waals surface area contributed by atoms with Crippen molar-refractivity contribution in [3.8, 4) is 44.8 Å². The molecule has 0 spiro atoms. The van der Waals surface area contributed by atoms with Gasteiger partial charge in [-0.05, 0) is 137 Å². The highest BCUT2D eigenvalue weighted by atomic mass is 15.0. The molecule has 0 fully saturated rings. The Labute approximate surface area is 471 Å². The van der Waals surface area contributed by atoms with E-state index in [1.807, 2.05) is 0 Å². The van der Waals surface area contributed by atoms with Crippen LogP contribution in [0.2, 0.25) is 0 Å². The summed E-state index contributed by atoms with van der Waals surface area (Å²) in [5.74, 6) is 0. The van der Waals surface area contributed by atoms with Gasteiger partial charge in [-0.25, -0.2) is 0 Å². The molecule has 19 rings (SSSR count). The van der Waals surface area contributed by atoms with Crippen LogP contribution in [0.5, 0.6) is 0 Å². The summed E-state index contributed by atoms with van der Waals surface area (Å²) < 4.78 is 9.73. The lowest BCUT2D eigenvalue weighted by Gasteiger charge is -2.10. The second kappa shape index (κ2) is 17.3. The molecule has 4 heteroatoms. The summed E-state index contributed by atoms with van der Waals surface area (Å²) in [6.45, 7) is 0. The van der Waals surface area contributed by atoms with E-state index in [1.54, 1.807) is 0 Å². The summed E-state index contributed by atoms with van der Waals surface area (Å²) in [6, 6.07) is 106. The number of rotatable bonds is 5. The molecule has 6 aromatic heterocycles. The first-order valence-corrected chi connectivity index (χ1v) is 28.3. The number of para-hydroxylation sites is 6. The number of nitrogens with zero attached hydrogens (tertiary/aromatic N) is 4. The Balaban J connectivity index is 0.000000127. The smallest absolute Gasteiger partial charge is 0.0622 e. The largest absolute Gasteiger partial charge is 0.309 e. The van der Waals surface area contributed by atoms with Crippen LogP contribution in [-0.4, -0.2) is 17.9 Å². The molecule has 0 aliphatic rings. The van der Waals surface area contributed by atoms with E-state index in [1.165, 1.54) is 165 Å². The predicted molar refractivity (Wildman–Crippen MR) is 347 cm³/mol. The van der Waals surface area contributed by atoms with Gasteiger partial charge in [-0.2, -0.15) is 0 Å². The highest BCUT2D eigenvalue weighted by Crippen LogP contribution is 2.45. The maximum absolute atomic E-state index is 2.47. The monoisotopic (exact) mass is 1040 g/mol.